The van der Waals surface area contributed by atoms with Gasteiger partial charge in [0.1, 0.15) is 0 Å². The summed E-state index contributed by atoms with van der Waals surface area (Å²) in [6.07, 6.45) is 9.71. The topological polar surface area (TPSA) is 38.1 Å². The van der Waals surface area contributed by atoms with Crippen LogP contribution < -0.4 is 0 Å². The Balaban J connectivity index is 1.79. The number of para-hydroxylation sites is 1. The van der Waals surface area contributed by atoms with Gasteiger partial charge in [0.05, 0.1) is 11.4 Å². The molecule has 0 unspecified atom stereocenters. The zero-order chi connectivity index (χ0) is 18.5. The zero-order valence-electron chi connectivity index (χ0n) is 16.1. The Morgan fingerprint density at radius 2 is 1.88 bits per heavy atom. The Morgan fingerprint density at radius 1 is 1.19 bits per heavy atom. The van der Waals surface area contributed by atoms with Crippen molar-refractivity contribution in [1.82, 2.24) is 14.7 Å². The first-order chi connectivity index (χ1) is 12.6. The second kappa shape index (κ2) is 8.35. The van der Waals surface area contributed by atoms with Crippen molar-refractivity contribution in [3.8, 4) is 5.69 Å². The number of carbonyl (C=O) groups is 1. The van der Waals surface area contributed by atoms with Gasteiger partial charge in [0.25, 0.3) is 0 Å². The largest absolute Gasteiger partial charge is 0.336 e. The quantitative estimate of drug-likeness (QED) is 0.733. The van der Waals surface area contributed by atoms with Crippen molar-refractivity contribution in [2.75, 3.05) is 6.54 Å². The van der Waals surface area contributed by atoms with Crippen molar-refractivity contribution < 1.29 is 4.79 Å². The smallest absolute Gasteiger partial charge is 0.246 e. The first-order valence-corrected chi connectivity index (χ1v) is 9.72. The zero-order valence-corrected chi connectivity index (χ0v) is 16.1. The van der Waals surface area contributed by atoms with Crippen LogP contribution in [0.1, 0.15) is 56.0 Å². The minimum atomic E-state index is 0.116. The minimum Gasteiger partial charge on any atom is -0.336 e. The molecule has 0 N–H and O–H groups in total. The maximum atomic E-state index is 12.8. The van der Waals surface area contributed by atoms with Gasteiger partial charge in [-0.25, -0.2) is 4.68 Å². The van der Waals surface area contributed by atoms with E-state index in [0.717, 1.165) is 42.0 Å². The molecule has 1 heterocycles. The highest BCUT2D eigenvalue weighted by atomic mass is 16.2. The monoisotopic (exact) mass is 351 g/mol. The number of nitrogens with zero attached hydrogens (tertiary/aromatic N) is 3. The van der Waals surface area contributed by atoms with Gasteiger partial charge in [0.15, 0.2) is 0 Å². The maximum absolute atomic E-state index is 12.8. The minimum absolute atomic E-state index is 0.116. The second-order valence-corrected chi connectivity index (χ2v) is 7.08. The molecule has 1 fully saturated rings. The van der Waals surface area contributed by atoms with Crippen LogP contribution in [0.4, 0.5) is 0 Å². The highest BCUT2D eigenvalue weighted by Gasteiger charge is 2.22. The fourth-order valence-corrected chi connectivity index (χ4v) is 3.95. The molecular formula is C22H29N3O. The molecule has 1 amide bonds. The van der Waals surface area contributed by atoms with E-state index in [1.165, 1.54) is 19.3 Å². The van der Waals surface area contributed by atoms with Crippen LogP contribution in [0.5, 0.6) is 0 Å². The molecule has 1 saturated carbocycles. The van der Waals surface area contributed by atoms with E-state index in [-0.39, 0.29) is 5.91 Å². The van der Waals surface area contributed by atoms with E-state index < -0.39 is 0 Å². The second-order valence-electron chi connectivity index (χ2n) is 7.08. The summed E-state index contributed by atoms with van der Waals surface area (Å²) in [5.74, 6) is 0.116. The SMILES string of the molecule is CCN(C(=O)/C=C/c1c(C)nn(-c2ccccc2)c1C)C1CCCCC1. The van der Waals surface area contributed by atoms with Gasteiger partial charge in [-0.15, -0.1) is 0 Å². The molecule has 138 valence electrons. The van der Waals surface area contributed by atoms with E-state index in [9.17, 15) is 4.79 Å². The van der Waals surface area contributed by atoms with Crippen LogP contribution in [0.2, 0.25) is 0 Å². The number of aromatic nitrogens is 2. The van der Waals surface area contributed by atoms with Gasteiger partial charge in [0, 0.05) is 29.9 Å². The van der Waals surface area contributed by atoms with Crippen molar-refractivity contribution in [2.45, 2.75) is 58.9 Å². The molecule has 1 aliphatic carbocycles. The van der Waals surface area contributed by atoms with Crippen LogP contribution in [-0.2, 0) is 4.79 Å². The Kier molecular flexibility index (Phi) is 5.92. The van der Waals surface area contributed by atoms with E-state index in [2.05, 4.69) is 18.9 Å². The van der Waals surface area contributed by atoms with E-state index in [1.807, 2.05) is 52.9 Å². The number of carbonyl (C=O) groups excluding carboxylic acids is 1. The summed E-state index contributed by atoms with van der Waals surface area (Å²) >= 11 is 0. The lowest BCUT2D eigenvalue weighted by Crippen LogP contribution is -2.40. The van der Waals surface area contributed by atoms with Gasteiger partial charge in [-0.1, -0.05) is 37.5 Å². The summed E-state index contributed by atoms with van der Waals surface area (Å²) in [4.78, 5) is 14.8. The lowest BCUT2D eigenvalue weighted by molar-refractivity contribution is -0.128. The number of likely N-dealkylation sites (N-methyl/N-ethyl adjacent to an activating group) is 1. The number of benzene rings is 1. The molecule has 3 rings (SSSR count). The first kappa shape index (κ1) is 18.4. The number of hydrogen-bond acceptors (Lipinski definition) is 2. The van der Waals surface area contributed by atoms with Crippen LogP contribution in [0, 0.1) is 13.8 Å². The molecule has 0 radical (unpaired) electrons. The normalized spacial score (nSPS) is 15.5. The molecular weight excluding hydrogens is 322 g/mol. The maximum Gasteiger partial charge on any atom is 0.246 e. The summed E-state index contributed by atoms with van der Waals surface area (Å²) in [7, 11) is 0. The van der Waals surface area contributed by atoms with Crippen LogP contribution in [0.3, 0.4) is 0 Å². The molecule has 1 aliphatic rings. The van der Waals surface area contributed by atoms with E-state index in [0.29, 0.717) is 6.04 Å². The van der Waals surface area contributed by atoms with Gasteiger partial charge in [0.2, 0.25) is 5.91 Å². The fourth-order valence-electron chi connectivity index (χ4n) is 3.95. The van der Waals surface area contributed by atoms with E-state index in [4.69, 9.17) is 0 Å². The van der Waals surface area contributed by atoms with Gasteiger partial charge in [-0.05, 0) is 51.8 Å². The lowest BCUT2D eigenvalue weighted by atomic mass is 9.94. The Bertz CT molecular complexity index is 770. The number of rotatable bonds is 5. The van der Waals surface area contributed by atoms with Crippen molar-refractivity contribution in [3.05, 3.63) is 53.4 Å². The molecule has 4 heteroatoms. The van der Waals surface area contributed by atoms with E-state index in [1.54, 1.807) is 6.08 Å². The fraction of sp³-hybridized carbons (Fsp3) is 0.455. The van der Waals surface area contributed by atoms with Crippen LogP contribution in [-0.4, -0.2) is 33.2 Å². The van der Waals surface area contributed by atoms with Gasteiger partial charge in [-0.2, -0.15) is 5.10 Å². The average Bonchev–Trinajstić information content (AvgIpc) is 2.96. The van der Waals surface area contributed by atoms with Crippen molar-refractivity contribution >= 4 is 12.0 Å². The van der Waals surface area contributed by atoms with Crippen LogP contribution >= 0.6 is 0 Å². The standard InChI is InChI=1S/C22H29N3O/c1-4-24(19-11-7-5-8-12-19)22(26)16-15-21-17(2)23-25(18(21)3)20-13-9-6-10-14-20/h6,9-10,13-16,19H,4-5,7-8,11-12H2,1-3H3/b16-15+. The first-order valence-electron chi connectivity index (χ1n) is 9.72. The Morgan fingerprint density at radius 3 is 2.54 bits per heavy atom. The van der Waals surface area contributed by atoms with Crippen LogP contribution in [0.15, 0.2) is 36.4 Å². The van der Waals surface area contributed by atoms with Crippen molar-refractivity contribution in [1.29, 1.82) is 0 Å². The highest BCUT2D eigenvalue weighted by molar-refractivity contribution is 5.92. The summed E-state index contributed by atoms with van der Waals surface area (Å²) in [5, 5.41) is 4.65. The number of hydrogen-bond donors (Lipinski definition) is 0. The molecule has 0 bridgehead atoms. The molecule has 2 aromatic rings. The third-order valence-corrected chi connectivity index (χ3v) is 5.38. The number of amides is 1. The average molecular weight is 351 g/mol. The number of aryl methyl sites for hydroxylation is 1. The molecule has 0 spiro atoms. The Hall–Kier alpha value is -2.36. The molecule has 4 nitrogen and oxygen atoms in total. The lowest BCUT2D eigenvalue weighted by Gasteiger charge is -2.32. The van der Waals surface area contributed by atoms with Gasteiger partial charge >= 0.3 is 0 Å². The molecule has 1 aromatic heterocycles. The Labute approximate surface area is 156 Å². The van der Waals surface area contributed by atoms with Gasteiger partial charge < -0.3 is 4.90 Å². The summed E-state index contributed by atoms with van der Waals surface area (Å²) in [6.45, 7) is 6.89. The predicted molar refractivity (Wildman–Crippen MR) is 106 cm³/mol. The molecule has 0 atom stereocenters. The molecule has 1 aromatic carbocycles. The molecule has 0 aliphatic heterocycles. The third-order valence-electron chi connectivity index (χ3n) is 5.38. The van der Waals surface area contributed by atoms with E-state index >= 15 is 0 Å². The van der Waals surface area contributed by atoms with Crippen LogP contribution in [0.25, 0.3) is 11.8 Å². The summed E-state index contributed by atoms with van der Waals surface area (Å²) in [6, 6.07) is 10.5. The molecule has 0 saturated heterocycles. The van der Waals surface area contributed by atoms with Crippen molar-refractivity contribution in [3.63, 3.8) is 0 Å². The molecule has 26 heavy (non-hydrogen) atoms. The van der Waals surface area contributed by atoms with Crippen molar-refractivity contribution in [2.24, 2.45) is 0 Å². The summed E-state index contributed by atoms with van der Waals surface area (Å²) in [5.41, 5.74) is 4.06. The third kappa shape index (κ3) is 3.90. The highest BCUT2D eigenvalue weighted by Crippen LogP contribution is 2.23. The predicted octanol–water partition coefficient (Wildman–Crippen LogP) is 4.68. The van der Waals surface area contributed by atoms with Gasteiger partial charge in [-0.3, -0.25) is 4.79 Å². The summed E-state index contributed by atoms with van der Waals surface area (Å²) < 4.78 is 1.94.